The van der Waals surface area contributed by atoms with E-state index in [4.69, 9.17) is 9.40 Å². The minimum Gasteiger partial charge on any atom is -0.512 e. The quantitative estimate of drug-likeness (QED) is 0.0942. The van der Waals surface area contributed by atoms with Crippen LogP contribution < -0.4 is 0 Å². The molecule has 0 aliphatic carbocycles. The second kappa shape index (κ2) is 14.3. The Hall–Kier alpha value is -2.83. The van der Waals surface area contributed by atoms with Crippen molar-refractivity contribution in [2.24, 2.45) is 10.8 Å². The number of benzene rings is 2. The van der Waals surface area contributed by atoms with Crippen molar-refractivity contribution in [3.05, 3.63) is 77.7 Å². The van der Waals surface area contributed by atoms with Crippen LogP contribution in [0.1, 0.15) is 93.6 Å². The predicted octanol–water partition coefficient (Wildman–Crippen LogP) is 12.8. The third-order valence-corrected chi connectivity index (χ3v) is 12.2. The van der Waals surface area contributed by atoms with Gasteiger partial charge >= 0.3 is 0 Å². The van der Waals surface area contributed by atoms with Gasteiger partial charge in [-0.2, -0.15) is 11.3 Å². The summed E-state index contributed by atoms with van der Waals surface area (Å²) in [7, 11) is 0. The zero-order valence-electron chi connectivity index (χ0n) is 29.0. The van der Waals surface area contributed by atoms with Crippen molar-refractivity contribution in [3.63, 3.8) is 0 Å². The maximum atomic E-state index is 12.2. The molecule has 7 heteroatoms. The van der Waals surface area contributed by atoms with E-state index in [0.717, 1.165) is 47.9 Å². The van der Waals surface area contributed by atoms with Crippen molar-refractivity contribution >= 4 is 69.7 Å². The summed E-state index contributed by atoms with van der Waals surface area (Å²) in [5.41, 5.74) is 3.81. The maximum absolute atomic E-state index is 12.2. The molecule has 251 valence electrons. The number of carbonyl (C=O) groups is 1. The van der Waals surface area contributed by atoms with Gasteiger partial charge in [0.25, 0.3) is 0 Å². The van der Waals surface area contributed by atoms with Gasteiger partial charge in [0.05, 0.1) is 6.26 Å². The van der Waals surface area contributed by atoms with Gasteiger partial charge in [0, 0.05) is 63.7 Å². The molecule has 0 unspecified atom stereocenters. The average molecular weight is 845 g/mol. The average Bonchev–Trinajstić information content (AvgIpc) is 3.80. The van der Waals surface area contributed by atoms with Gasteiger partial charge < -0.3 is 9.52 Å². The summed E-state index contributed by atoms with van der Waals surface area (Å²) >= 11 is 3.59. The first-order valence-electron chi connectivity index (χ1n) is 16.4. The van der Waals surface area contributed by atoms with Crippen molar-refractivity contribution in [3.8, 4) is 11.3 Å². The Morgan fingerprint density at radius 2 is 1.62 bits per heavy atom. The van der Waals surface area contributed by atoms with E-state index in [1.54, 1.807) is 28.9 Å². The van der Waals surface area contributed by atoms with Crippen molar-refractivity contribution in [2.75, 3.05) is 0 Å². The van der Waals surface area contributed by atoms with E-state index in [1.807, 2.05) is 53.8 Å². The second-order valence-electron chi connectivity index (χ2n) is 13.9. The van der Waals surface area contributed by atoms with Crippen LogP contribution in [-0.2, 0) is 30.3 Å². The van der Waals surface area contributed by atoms with E-state index in [0.29, 0.717) is 0 Å². The van der Waals surface area contributed by atoms with Gasteiger partial charge in [-0.1, -0.05) is 73.4 Å². The van der Waals surface area contributed by atoms with Crippen molar-refractivity contribution in [1.82, 2.24) is 4.98 Å². The number of carbonyl (C=O) groups excluding carboxylic acids is 1. The number of nitrogens with zero attached hydrogens (tertiary/aromatic N) is 1. The molecule has 4 nitrogen and oxygen atoms in total. The van der Waals surface area contributed by atoms with Crippen molar-refractivity contribution < 1.29 is 34.4 Å². The molecule has 0 saturated heterocycles. The molecule has 0 amide bonds. The zero-order chi connectivity index (χ0) is 33.4. The minimum atomic E-state index is -0.337. The fourth-order valence-electron chi connectivity index (χ4n) is 5.76. The first-order valence-corrected chi connectivity index (χ1v) is 18.1. The van der Waals surface area contributed by atoms with E-state index in [9.17, 15) is 9.90 Å². The number of aromatic nitrogens is 1. The third-order valence-electron chi connectivity index (χ3n) is 10.1. The summed E-state index contributed by atoms with van der Waals surface area (Å²) in [5, 5.41) is 17.0. The van der Waals surface area contributed by atoms with Crippen LogP contribution in [-0.4, -0.2) is 15.9 Å². The molecule has 1 radical (unpaired) electrons. The SMILES string of the molecule is CC(C)(C)c1cc(-c2nccc3sc4cc5occc5cc4c23)[c-]c2ccsc12.CCC(C)(CC)C(=O)/C=C(\O)C(C)(CC)CC.[Ir]. The number of aliphatic hydroxyl groups excluding tert-OH is 1. The molecule has 0 spiro atoms. The normalized spacial score (nSPS) is 12.8. The molecule has 0 atom stereocenters. The van der Waals surface area contributed by atoms with Crippen LogP contribution in [0, 0.1) is 16.9 Å². The molecule has 4 aromatic heterocycles. The number of ketones is 1. The Kier molecular flexibility index (Phi) is 11.3. The molecule has 0 fully saturated rings. The minimum absolute atomic E-state index is 0. The van der Waals surface area contributed by atoms with Gasteiger partial charge in [-0.15, -0.1) is 34.9 Å². The smallest absolute Gasteiger partial charge is 0.164 e. The summed E-state index contributed by atoms with van der Waals surface area (Å²) in [5.74, 6) is 0.286. The summed E-state index contributed by atoms with van der Waals surface area (Å²) in [4.78, 5) is 17.0. The van der Waals surface area contributed by atoms with Crippen LogP contribution in [0.3, 0.4) is 0 Å². The number of thiophene rings is 2. The summed E-state index contributed by atoms with van der Waals surface area (Å²) < 4.78 is 9.41. The Bertz CT molecular complexity index is 2050. The van der Waals surface area contributed by atoms with Gasteiger partial charge in [0.15, 0.2) is 5.78 Å². The first kappa shape index (κ1) is 37.0. The van der Waals surface area contributed by atoms with E-state index in [1.165, 1.54) is 41.9 Å². The van der Waals surface area contributed by atoms with Gasteiger partial charge in [0.1, 0.15) is 11.3 Å². The van der Waals surface area contributed by atoms with Crippen LogP contribution >= 0.6 is 22.7 Å². The Balaban J connectivity index is 0.000000242. The molecular weight excluding hydrogens is 799 g/mol. The van der Waals surface area contributed by atoms with Gasteiger partial charge in [-0.3, -0.25) is 9.78 Å². The Labute approximate surface area is 300 Å². The molecule has 6 aromatic rings. The first-order chi connectivity index (χ1) is 21.8. The van der Waals surface area contributed by atoms with Gasteiger partial charge in [-0.25, -0.2) is 0 Å². The number of pyridine rings is 1. The number of fused-ring (bicyclic) bond motifs is 5. The fraction of sp³-hybridized carbons (Fsp3) is 0.400. The second-order valence-corrected chi connectivity index (χ2v) is 15.9. The number of aliphatic hydroxyl groups is 1. The molecule has 6 rings (SSSR count). The Morgan fingerprint density at radius 1 is 0.936 bits per heavy atom. The monoisotopic (exact) mass is 845 g/mol. The molecule has 0 bridgehead atoms. The molecule has 0 aliphatic rings. The third kappa shape index (κ3) is 7.15. The number of rotatable bonds is 8. The van der Waals surface area contributed by atoms with E-state index < -0.39 is 0 Å². The van der Waals surface area contributed by atoms with Crippen molar-refractivity contribution in [1.29, 1.82) is 0 Å². The molecule has 0 saturated carbocycles. The van der Waals surface area contributed by atoms with Crippen LogP contribution in [0.25, 0.3) is 52.5 Å². The van der Waals surface area contributed by atoms with E-state index >= 15 is 0 Å². The fourth-order valence-corrected chi connectivity index (χ4v) is 7.95. The molecule has 47 heavy (non-hydrogen) atoms. The van der Waals surface area contributed by atoms with Gasteiger partial charge in [0.2, 0.25) is 0 Å². The zero-order valence-corrected chi connectivity index (χ0v) is 33.0. The number of hydrogen-bond acceptors (Lipinski definition) is 6. The number of hydrogen-bond donors (Lipinski definition) is 1. The molecular formula is C40H46IrNO3S2-. The molecule has 4 heterocycles. The number of furan rings is 1. The summed E-state index contributed by atoms with van der Waals surface area (Å²) in [6, 6.07) is 16.6. The van der Waals surface area contributed by atoms with Crippen LogP contribution in [0.4, 0.5) is 0 Å². The summed E-state index contributed by atoms with van der Waals surface area (Å²) in [6.07, 6.45) is 8.42. The predicted molar refractivity (Wildman–Crippen MR) is 198 cm³/mol. The van der Waals surface area contributed by atoms with Crippen molar-refractivity contribution in [2.45, 2.75) is 93.4 Å². The topological polar surface area (TPSA) is 63.3 Å². The summed E-state index contributed by atoms with van der Waals surface area (Å²) in [6.45, 7) is 18.9. The molecule has 1 N–H and O–H groups in total. The van der Waals surface area contributed by atoms with E-state index in [-0.39, 0.29) is 47.9 Å². The molecule has 0 aliphatic heterocycles. The number of allylic oxidation sites excluding steroid dienone is 2. The standard InChI is InChI=1S/C25H18NOS2.C15H28O2.Ir/c1-25(2,3)18-12-16(10-15-6-9-28-24(15)18)23-22-17-11-14-5-8-27-19(14)13-21(17)29-20(22)4-7-26-23;1-7-14(5,8-2)12(16)11-13(17)15(6,9-3)10-4;/h4-9,11-13H,1-3H3;11,16H,7-10H2,1-6H3;/q-1;;/b;12-11-;. The maximum Gasteiger partial charge on any atom is 0.164 e. The van der Waals surface area contributed by atoms with Crippen LogP contribution in [0.2, 0.25) is 0 Å². The molecule has 2 aromatic carbocycles. The van der Waals surface area contributed by atoms with Crippen LogP contribution in [0.15, 0.2) is 70.5 Å². The van der Waals surface area contributed by atoms with E-state index in [2.05, 4.69) is 62.5 Å². The van der Waals surface area contributed by atoms with Crippen LogP contribution in [0.5, 0.6) is 0 Å². The largest absolute Gasteiger partial charge is 0.512 e. The van der Waals surface area contributed by atoms with Gasteiger partial charge in [-0.05, 0) is 76.2 Å². The Morgan fingerprint density at radius 3 is 2.26 bits per heavy atom.